The molecule has 0 aliphatic carbocycles. The molecule has 0 radical (unpaired) electrons. The molecule has 1 fully saturated rings. The van der Waals surface area contributed by atoms with Gasteiger partial charge in [-0.05, 0) is 27.7 Å². The Bertz CT molecular complexity index is 667. The Morgan fingerprint density at radius 1 is 1.43 bits per heavy atom. The largest absolute Gasteiger partial charge is 0.461 e. The summed E-state index contributed by atoms with van der Waals surface area (Å²) < 4.78 is 31.3. The summed E-state index contributed by atoms with van der Waals surface area (Å²) in [5.41, 5.74) is -0.102. The van der Waals surface area contributed by atoms with E-state index in [1.54, 1.807) is 27.7 Å². The van der Waals surface area contributed by atoms with Crippen molar-refractivity contribution in [2.75, 3.05) is 19.7 Å². The first-order valence-electron chi connectivity index (χ1n) is 6.69. The standard InChI is InChI=1S/C13H20N2O5S/c1-5-20-12(16)10-8(2)11(9(3)14-10)21(18,19)15-6-13(4,17)7-15/h14,17H,5-7H2,1-4H3. The number of aromatic nitrogens is 1. The first kappa shape index (κ1) is 16.0. The third-order valence-electron chi connectivity index (χ3n) is 3.48. The predicted molar refractivity (Wildman–Crippen MR) is 75.6 cm³/mol. The third kappa shape index (κ3) is 2.70. The van der Waals surface area contributed by atoms with Gasteiger partial charge in [0.1, 0.15) is 10.6 Å². The monoisotopic (exact) mass is 316 g/mol. The van der Waals surface area contributed by atoms with Crippen molar-refractivity contribution >= 4 is 16.0 Å². The summed E-state index contributed by atoms with van der Waals surface area (Å²) in [7, 11) is -3.73. The van der Waals surface area contributed by atoms with E-state index in [1.807, 2.05) is 0 Å². The summed E-state index contributed by atoms with van der Waals surface area (Å²) in [6, 6.07) is 0. The number of ether oxygens (including phenoxy) is 1. The molecule has 0 bridgehead atoms. The number of aromatic amines is 1. The molecule has 0 spiro atoms. The van der Waals surface area contributed by atoms with Gasteiger partial charge in [0.15, 0.2) is 0 Å². The minimum Gasteiger partial charge on any atom is -0.461 e. The van der Waals surface area contributed by atoms with Crippen molar-refractivity contribution in [1.82, 2.24) is 9.29 Å². The summed E-state index contributed by atoms with van der Waals surface area (Å²) in [4.78, 5) is 14.7. The molecule has 0 unspecified atom stereocenters. The number of rotatable bonds is 4. The van der Waals surface area contributed by atoms with Crippen LogP contribution in [0.2, 0.25) is 0 Å². The van der Waals surface area contributed by atoms with E-state index >= 15 is 0 Å². The first-order chi connectivity index (χ1) is 9.60. The van der Waals surface area contributed by atoms with E-state index in [4.69, 9.17) is 4.74 Å². The van der Waals surface area contributed by atoms with E-state index in [0.29, 0.717) is 11.3 Å². The number of nitrogens with zero attached hydrogens (tertiary/aromatic N) is 1. The second-order valence-electron chi connectivity index (χ2n) is 5.57. The molecule has 118 valence electrons. The van der Waals surface area contributed by atoms with Gasteiger partial charge in [-0.25, -0.2) is 13.2 Å². The smallest absolute Gasteiger partial charge is 0.355 e. The fourth-order valence-corrected chi connectivity index (χ4v) is 4.62. The zero-order valence-electron chi connectivity index (χ0n) is 12.6. The van der Waals surface area contributed by atoms with Gasteiger partial charge in [0, 0.05) is 24.3 Å². The molecular weight excluding hydrogens is 296 g/mol. The van der Waals surface area contributed by atoms with E-state index < -0.39 is 21.6 Å². The number of hydrogen-bond donors (Lipinski definition) is 2. The Balaban J connectivity index is 2.39. The Morgan fingerprint density at radius 3 is 2.48 bits per heavy atom. The summed E-state index contributed by atoms with van der Waals surface area (Å²) in [6.07, 6.45) is 0. The van der Waals surface area contributed by atoms with Crippen LogP contribution in [0.25, 0.3) is 0 Å². The van der Waals surface area contributed by atoms with Crippen molar-refractivity contribution in [3.8, 4) is 0 Å². The van der Waals surface area contributed by atoms with Crippen LogP contribution in [0.4, 0.5) is 0 Å². The van der Waals surface area contributed by atoms with Crippen LogP contribution in [-0.2, 0) is 14.8 Å². The van der Waals surface area contributed by atoms with Crippen LogP contribution < -0.4 is 0 Å². The highest BCUT2D eigenvalue weighted by Crippen LogP contribution is 2.32. The van der Waals surface area contributed by atoms with Gasteiger partial charge in [-0.1, -0.05) is 0 Å². The lowest BCUT2D eigenvalue weighted by Crippen LogP contribution is -2.61. The Kier molecular flexibility index (Phi) is 3.90. The van der Waals surface area contributed by atoms with E-state index in [-0.39, 0.29) is 30.3 Å². The third-order valence-corrected chi connectivity index (χ3v) is 5.55. The number of sulfonamides is 1. The molecule has 0 amide bonds. The maximum Gasteiger partial charge on any atom is 0.355 e. The number of hydrogen-bond acceptors (Lipinski definition) is 5. The van der Waals surface area contributed by atoms with Gasteiger partial charge in [0.05, 0.1) is 12.2 Å². The molecule has 21 heavy (non-hydrogen) atoms. The quantitative estimate of drug-likeness (QED) is 0.791. The first-order valence-corrected chi connectivity index (χ1v) is 8.13. The molecule has 1 aromatic heterocycles. The number of aliphatic hydroxyl groups is 1. The summed E-state index contributed by atoms with van der Waals surface area (Å²) in [6.45, 7) is 6.75. The normalized spacial score (nSPS) is 18.3. The van der Waals surface area contributed by atoms with Crippen LogP contribution in [0.3, 0.4) is 0 Å². The van der Waals surface area contributed by atoms with Gasteiger partial charge in [-0.15, -0.1) is 0 Å². The van der Waals surface area contributed by atoms with Crippen LogP contribution in [-0.4, -0.2) is 54.1 Å². The Labute approximate surface area is 124 Å². The fraction of sp³-hybridized carbons (Fsp3) is 0.615. The number of H-pyrrole nitrogens is 1. The SMILES string of the molecule is CCOC(=O)c1[nH]c(C)c(S(=O)(=O)N2CC(C)(O)C2)c1C. The number of carbonyl (C=O) groups is 1. The van der Waals surface area contributed by atoms with Gasteiger partial charge >= 0.3 is 5.97 Å². The predicted octanol–water partition coefficient (Wildman–Crippen LogP) is 0.564. The number of nitrogens with one attached hydrogen (secondary N) is 1. The van der Waals surface area contributed by atoms with Crippen molar-refractivity contribution in [3.63, 3.8) is 0 Å². The lowest BCUT2D eigenvalue weighted by Gasteiger charge is -2.42. The molecule has 7 nitrogen and oxygen atoms in total. The van der Waals surface area contributed by atoms with Crippen LogP contribution in [0.5, 0.6) is 0 Å². The minimum absolute atomic E-state index is 0.0497. The van der Waals surface area contributed by atoms with E-state index in [2.05, 4.69) is 4.98 Å². The minimum atomic E-state index is -3.73. The zero-order valence-corrected chi connectivity index (χ0v) is 13.4. The molecular formula is C13H20N2O5S. The molecule has 1 saturated heterocycles. The highest BCUT2D eigenvalue weighted by atomic mass is 32.2. The summed E-state index contributed by atoms with van der Waals surface area (Å²) in [5, 5.41) is 9.71. The number of esters is 1. The van der Waals surface area contributed by atoms with Gasteiger partial charge in [0.25, 0.3) is 0 Å². The van der Waals surface area contributed by atoms with E-state index in [1.165, 1.54) is 4.31 Å². The van der Waals surface area contributed by atoms with E-state index in [9.17, 15) is 18.3 Å². The average molecular weight is 316 g/mol. The summed E-state index contributed by atoms with van der Waals surface area (Å²) in [5.74, 6) is -0.574. The average Bonchev–Trinajstić information content (AvgIpc) is 2.62. The van der Waals surface area contributed by atoms with Crippen molar-refractivity contribution in [2.24, 2.45) is 0 Å². The van der Waals surface area contributed by atoms with Crippen molar-refractivity contribution in [1.29, 1.82) is 0 Å². The Morgan fingerprint density at radius 2 is 2.00 bits per heavy atom. The molecule has 2 N–H and O–H groups in total. The molecule has 1 aromatic rings. The molecule has 1 aliphatic heterocycles. The number of β-amino-alcohol motifs (C(OH)–C–C–N with tert-alkyl or cyclic N) is 1. The second-order valence-corrected chi connectivity index (χ2v) is 7.44. The zero-order chi connectivity index (χ0) is 16.0. The van der Waals surface area contributed by atoms with Crippen molar-refractivity contribution < 1.29 is 23.1 Å². The van der Waals surface area contributed by atoms with Gasteiger partial charge in [0.2, 0.25) is 10.0 Å². The molecule has 1 aliphatic rings. The molecule has 0 saturated carbocycles. The van der Waals surface area contributed by atoms with Crippen LogP contribution in [0, 0.1) is 13.8 Å². The fourth-order valence-electron chi connectivity index (χ4n) is 2.54. The molecule has 0 aromatic carbocycles. The molecule has 2 heterocycles. The summed E-state index contributed by atoms with van der Waals surface area (Å²) >= 11 is 0. The lowest BCUT2D eigenvalue weighted by atomic mass is 10.0. The van der Waals surface area contributed by atoms with Gasteiger partial charge < -0.3 is 14.8 Å². The van der Waals surface area contributed by atoms with Crippen molar-refractivity contribution in [3.05, 3.63) is 17.0 Å². The van der Waals surface area contributed by atoms with Crippen LogP contribution >= 0.6 is 0 Å². The number of carbonyl (C=O) groups excluding carboxylic acids is 1. The highest BCUT2D eigenvalue weighted by Gasteiger charge is 2.45. The van der Waals surface area contributed by atoms with Crippen molar-refractivity contribution in [2.45, 2.75) is 38.2 Å². The number of aryl methyl sites for hydroxylation is 1. The lowest BCUT2D eigenvalue weighted by molar-refractivity contribution is -0.0426. The molecule has 8 heteroatoms. The second kappa shape index (κ2) is 5.11. The Hall–Kier alpha value is -1.38. The maximum absolute atomic E-state index is 12.6. The molecule has 0 atom stereocenters. The van der Waals surface area contributed by atoms with Gasteiger partial charge in [-0.2, -0.15) is 4.31 Å². The van der Waals surface area contributed by atoms with Crippen LogP contribution in [0.15, 0.2) is 4.90 Å². The van der Waals surface area contributed by atoms with Crippen LogP contribution in [0.1, 0.15) is 35.6 Å². The topological polar surface area (TPSA) is 99.7 Å². The van der Waals surface area contributed by atoms with E-state index in [0.717, 1.165) is 0 Å². The maximum atomic E-state index is 12.6. The van der Waals surface area contributed by atoms with Gasteiger partial charge in [-0.3, -0.25) is 0 Å². The molecule has 2 rings (SSSR count). The highest BCUT2D eigenvalue weighted by molar-refractivity contribution is 7.89.